The van der Waals surface area contributed by atoms with E-state index in [0.29, 0.717) is 25.3 Å². The Morgan fingerprint density at radius 1 is 1.34 bits per heavy atom. The second-order valence-corrected chi connectivity index (χ2v) is 8.62. The molecule has 1 amide bonds. The number of nitrogens with zero attached hydrogens (tertiary/aromatic N) is 5. The van der Waals surface area contributed by atoms with Crippen LogP contribution in [0.15, 0.2) is 34.9 Å². The fraction of sp³-hybridized carbons (Fsp3) is 0.455. The summed E-state index contributed by atoms with van der Waals surface area (Å²) < 4.78 is 33.7. The quantitative estimate of drug-likeness (QED) is 0.630. The van der Waals surface area contributed by atoms with Gasteiger partial charge in [0.1, 0.15) is 12.2 Å². The molecule has 32 heavy (non-hydrogen) atoms. The Hall–Kier alpha value is -3.14. The largest absolute Gasteiger partial charge is 0.339 e. The molecule has 5 rings (SSSR count). The van der Waals surface area contributed by atoms with Crippen LogP contribution in [-0.4, -0.2) is 49.9 Å². The van der Waals surface area contributed by atoms with Gasteiger partial charge in [0.25, 0.3) is 12.3 Å². The third-order valence-corrected chi connectivity index (χ3v) is 6.38. The smallest absolute Gasteiger partial charge is 0.280 e. The normalized spacial score (nSPS) is 19.7. The average molecular weight is 442 g/mol. The van der Waals surface area contributed by atoms with Crippen LogP contribution in [0.4, 0.5) is 8.78 Å². The van der Waals surface area contributed by atoms with E-state index in [9.17, 15) is 13.6 Å². The maximum atomic E-state index is 13.6. The minimum atomic E-state index is -2.80. The van der Waals surface area contributed by atoms with Gasteiger partial charge in [0.2, 0.25) is 5.91 Å². The van der Waals surface area contributed by atoms with E-state index in [1.165, 1.54) is 6.07 Å². The molecular weight excluding hydrogens is 418 g/mol. The van der Waals surface area contributed by atoms with Crippen LogP contribution in [0, 0.1) is 6.92 Å². The van der Waals surface area contributed by atoms with Gasteiger partial charge in [0.05, 0.1) is 5.41 Å². The van der Waals surface area contributed by atoms with Crippen LogP contribution >= 0.6 is 0 Å². The summed E-state index contributed by atoms with van der Waals surface area (Å²) in [6, 6.07) is 9.17. The lowest BCUT2D eigenvalue weighted by molar-refractivity contribution is -0.131. The van der Waals surface area contributed by atoms with Crippen molar-refractivity contribution in [2.75, 3.05) is 13.1 Å². The molecule has 10 heteroatoms. The molecule has 168 valence electrons. The molecule has 1 aliphatic carbocycles. The molecule has 0 unspecified atom stereocenters. The van der Waals surface area contributed by atoms with Crippen LogP contribution in [0.2, 0.25) is 0 Å². The second-order valence-electron chi connectivity index (χ2n) is 8.62. The monoisotopic (exact) mass is 442 g/mol. The van der Waals surface area contributed by atoms with Gasteiger partial charge in [-0.1, -0.05) is 29.4 Å². The van der Waals surface area contributed by atoms with Crippen molar-refractivity contribution >= 4 is 5.91 Å². The number of carbonyl (C=O) groups is 1. The molecule has 3 aromatic rings. The highest BCUT2D eigenvalue weighted by Crippen LogP contribution is 2.53. The van der Waals surface area contributed by atoms with E-state index in [1.54, 1.807) is 4.90 Å². The van der Waals surface area contributed by atoms with Crippen molar-refractivity contribution in [1.82, 2.24) is 24.8 Å². The molecule has 8 nitrogen and oxygen atoms in total. The van der Waals surface area contributed by atoms with Crippen molar-refractivity contribution in [3.05, 3.63) is 53.0 Å². The molecular formula is C22H24F2N6O2. The minimum Gasteiger partial charge on any atom is -0.339 e. The average Bonchev–Trinajstić information content (AvgIpc) is 3.12. The first kappa shape index (κ1) is 20.7. The zero-order valence-corrected chi connectivity index (χ0v) is 17.7. The summed E-state index contributed by atoms with van der Waals surface area (Å²) in [6.45, 7) is 2.69. The summed E-state index contributed by atoms with van der Waals surface area (Å²) in [5, 5.41) is 8.35. The predicted octanol–water partition coefficient (Wildman–Crippen LogP) is 2.82. The molecule has 0 spiro atoms. The van der Waals surface area contributed by atoms with Gasteiger partial charge in [0, 0.05) is 19.1 Å². The van der Waals surface area contributed by atoms with Gasteiger partial charge in [-0.05, 0) is 43.4 Å². The molecule has 2 N–H and O–H groups in total. The molecule has 1 aromatic carbocycles. The van der Waals surface area contributed by atoms with E-state index in [1.807, 2.05) is 25.1 Å². The Labute approximate surface area is 183 Å². The van der Waals surface area contributed by atoms with Crippen molar-refractivity contribution < 1.29 is 18.1 Å². The van der Waals surface area contributed by atoms with E-state index < -0.39 is 6.43 Å². The lowest BCUT2D eigenvalue weighted by Crippen LogP contribution is -2.34. The van der Waals surface area contributed by atoms with Crippen LogP contribution in [0.1, 0.15) is 48.3 Å². The third-order valence-electron chi connectivity index (χ3n) is 6.38. The Balaban J connectivity index is 1.41. The van der Waals surface area contributed by atoms with Gasteiger partial charge in [-0.2, -0.15) is 10.1 Å². The number of nitrogens with two attached hydrogens (primary N) is 1. The van der Waals surface area contributed by atoms with E-state index in [4.69, 9.17) is 10.3 Å². The standard InChI is InChI=1S/C22H24F2N6O2/c1-13-4-2-3-5-15(13)22(7-8-22)21-26-20(32-28-21)16-10-17(19(23)24)30(27-16)12-18(31)29-9-6-14(25)11-29/h2-5,10,14,19H,6-9,11-12,25H2,1H3/t14-/m0/s1. The number of rotatable bonds is 6. The zero-order valence-electron chi connectivity index (χ0n) is 17.7. The first-order valence-corrected chi connectivity index (χ1v) is 10.7. The first-order chi connectivity index (χ1) is 15.4. The molecule has 1 aliphatic heterocycles. The van der Waals surface area contributed by atoms with Gasteiger partial charge in [-0.25, -0.2) is 8.78 Å². The highest BCUT2D eigenvalue weighted by atomic mass is 19.3. The lowest BCUT2D eigenvalue weighted by atomic mass is 9.91. The maximum Gasteiger partial charge on any atom is 0.280 e. The number of hydrogen-bond donors (Lipinski definition) is 1. The number of hydrogen-bond acceptors (Lipinski definition) is 6. The van der Waals surface area contributed by atoms with Crippen molar-refractivity contribution in [3.63, 3.8) is 0 Å². The molecule has 1 atom stereocenters. The topological polar surface area (TPSA) is 103 Å². The number of aryl methyl sites for hydroxylation is 1. The summed E-state index contributed by atoms with van der Waals surface area (Å²) in [4.78, 5) is 18.6. The lowest BCUT2D eigenvalue weighted by Gasteiger charge is -2.16. The summed E-state index contributed by atoms with van der Waals surface area (Å²) in [7, 11) is 0. The maximum absolute atomic E-state index is 13.6. The second kappa shape index (κ2) is 7.77. The molecule has 0 radical (unpaired) electrons. The molecule has 2 fully saturated rings. The summed E-state index contributed by atoms with van der Waals surface area (Å²) in [5.41, 5.74) is 7.58. The fourth-order valence-corrected chi connectivity index (χ4v) is 4.45. The minimum absolute atomic E-state index is 0.0659. The van der Waals surface area contributed by atoms with Crippen molar-refractivity contribution in [2.24, 2.45) is 5.73 Å². The summed E-state index contributed by atoms with van der Waals surface area (Å²) in [6.07, 6.45) is -0.320. The molecule has 3 heterocycles. The number of amides is 1. The van der Waals surface area contributed by atoms with E-state index in [0.717, 1.165) is 28.7 Å². The van der Waals surface area contributed by atoms with Crippen LogP contribution in [0.5, 0.6) is 0 Å². The number of alkyl halides is 2. The first-order valence-electron chi connectivity index (χ1n) is 10.7. The van der Waals surface area contributed by atoms with Gasteiger partial charge in [0.15, 0.2) is 11.5 Å². The Bertz CT molecular complexity index is 1150. The van der Waals surface area contributed by atoms with Gasteiger partial charge < -0.3 is 15.2 Å². The van der Waals surface area contributed by atoms with Gasteiger partial charge >= 0.3 is 0 Å². The Kier molecular flexibility index (Phi) is 5.04. The number of carbonyl (C=O) groups excluding carboxylic acids is 1. The molecule has 0 bridgehead atoms. The molecule has 1 saturated carbocycles. The highest BCUT2D eigenvalue weighted by molar-refractivity contribution is 5.76. The summed E-state index contributed by atoms with van der Waals surface area (Å²) in [5.74, 6) is 0.297. The SMILES string of the molecule is Cc1ccccc1C1(c2noc(-c3cc(C(F)F)n(CC(=O)N4CC[C@H](N)C4)n3)n2)CC1. The van der Waals surface area contributed by atoms with Crippen LogP contribution in [-0.2, 0) is 16.8 Å². The van der Waals surface area contributed by atoms with Crippen LogP contribution in [0.3, 0.4) is 0 Å². The van der Waals surface area contributed by atoms with E-state index in [-0.39, 0.29) is 41.2 Å². The summed E-state index contributed by atoms with van der Waals surface area (Å²) >= 11 is 0. The zero-order chi connectivity index (χ0) is 22.5. The van der Waals surface area contributed by atoms with E-state index >= 15 is 0 Å². The predicted molar refractivity (Wildman–Crippen MR) is 111 cm³/mol. The number of halogens is 2. The van der Waals surface area contributed by atoms with Crippen molar-refractivity contribution in [2.45, 2.75) is 50.6 Å². The van der Waals surface area contributed by atoms with E-state index in [2.05, 4.69) is 21.3 Å². The number of benzene rings is 1. The molecule has 1 saturated heterocycles. The van der Waals surface area contributed by atoms with Crippen molar-refractivity contribution in [1.29, 1.82) is 0 Å². The third kappa shape index (κ3) is 3.58. The van der Waals surface area contributed by atoms with Gasteiger partial charge in [-0.15, -0.1) is 0 Å². The molecule has 2 aromatic heterocycles. The highest BCUT2D eigenvalue weighted by Gasteiger charge is 2.50. The Morgan fingerprint density at radius 2 is 2.12 bits per heavy atom. The van der Waals surface area contributed by atoms with Gasteiger partial charge in [-0.3, -0.25) is 9.48 Å². The fourth-order valence-electron chi connectivity index (χ4n) is 4.45. The van der Waals surface area contributed by atoms with Crippen molar-refractivity contribution in [3.8, 4) is 11.6 Å². The Morgan fingerprint density at radius 3 is 2.78 bits per heavy atom. The number of likely N-dealkylation sites (tertiary alicyclic amines) is 1. The van der Waals surface area contributed by atoms with Crippen LogP contribution in [0.25, 0.3) is 11.6 Å². The number of aromatic nitrogens is 4. The molecule has 2 aliphatic rings. The van der Waals surface area contributed by atoms with Crippen LogP contribution < -0.4 is 5.73 Å².